The number of aromatic nitrogens is 1. The fourth-order valence-electron chi connectivity index (χ4n) is 1.97. The number of fused-ring (bicyclic) bond motifs is 1. The summed E-state index contributed by atoms with van der Waals surface area (Å²) in [5.41, 5.74) is 5.53. The average Bonchev–Trinajstić information content (AvgIpc) is 2.85. The van der Waals surface area contributed by atoms with Gasteiger partial charge in [0, 0.05) is 11.6 Å². The molecule has 2 atom stereocenters. The third-order valence-corrected chi connectivity index (χ3v) is 4.98. The lowest BCUT2D eigenvalue weighted by atomic mass is 10.2. The number of hydrogen-bond acceptors (Lipinski definition) is 8. The Hall–Kier alpha value is -2.07. The van der Waals surface area contributed by atoms with Gasteiger partial charge in [-0.15, -0.1) is 23.1 Å². The number of carbonyl (C=O) groups excluding carboxylic acids is 2. The van der Waals surface area contributed by atoms with E-state index in [0.717, 1.165) is 11.3 Å². The number of β-lactam (4-membered cyclic amide) rings is 1. The Bertz CT molecular complexity index is 656. The van der Waals surface area contributed by atoms with E-state index in [4.69, 9.17) is 10.9 Å². The van der Waals surface area contributed by atoms with Gasteiger partial charge in [0.1, 0.15) is 5.69 Å². The van der Waals surface area contributed by atoms with Crippen LogP contribution in [0, 0.1) is 0 Å². The number of nitrogens with zero attached hydrogens (tertiary/aromatic N) is 3. The van der Waals surface area contributed by atoms with E-state index in [1.165, 1.54) is 11.8 Å². The Morgan fingerprint density at radius 3 is 3.00 bits per heavy atom. The largest absolute Gasteiger partial charge is 0.410 e. The Morgan fingerprint density at radius 2 is 2.43 bits per heavy atom. The average molecular weight is 325 g/mol. The van der Waals surface area contributed by atoms with Crippen LogP contribution in [0.2, 0.25) is 0 Å². The van der Waals surface area contributed by atoms with Crippen molar-refractivity contribution >= 4 is 45.8 Å². The van der Waals surface area contributed by atoms with E-state index in [0.29, 0.717) is 6.42 Å². The molecule has 1 saturated heterocycles. The van der Waals surface area contributed by atoms with Gasteiger partial charge in [-0.1, -0.05) is 5.16 Å². The summed E-state index contributed by atoms with van der Waals surface area (Å²) >= 11 is 2.60. The van der Waals surface area contributed by atoms with Crippen molar-refractivity contribution in [2.75, 3.05) is 5.73 Å². The minimum atomic E-state index is -0.552. The highest BCUT2D eigenvalue weighted by atomic mass is 32.2. The standard InChI is InChI=1S/C11H11N5O3S2/c12-11-13-5(4-20-11)9(15-19)10(18)14-6-1-2-16-7(17)3-8(16)21-6/h1-2,4,6,8,19H,3H2,(H2,12,13)(H,14,18)/t6?,8-/m1/s1. The van der Waals surface area contributed by atoms with Crippen LogP contribution in [-0.2, 0) is 9.59 Å². The van der Waals surface area contributed by atoms with Crippen molar-refractivity contribution in [2.24, 2.45) is 5.16 Å². The Balaban J connectivity index is 1.67. The van der Waals surface area contributed by atoms with Crippen molar-refractivity contribution in [2.45, 2.75) is 17.2 Å². The van der Waals surface area contributed by atoms with Crippen LogP contribution in [0.4, 0.5) is 5.13 Å². The maximum absolute atomic E-state index is 12.1. The minimum Gasteiger partial charge on any atom is -0.410 e. The number of hydrogen-bond donors (Lipinski definition) is 3. The normalized spacial score (nSPS) is 24.5. The van der Waals surface area contributed by atoms with E-state index in [9.17, 15) is 9.59 Å². The number of rotatable bonds is 3. The topological polar surface area (TPSA) is 121 Å². The summed E-state index contributed by atoms with van der Waals surface area (Å²) in [6.45, 7) is 0. The number of nitrogens with one attached hydrogen (secondary N) is 1. The number of thiazole rings is 1. The molecule has 10 heteroatoms. The molecule has 1 aromatic heterocycles. The first-order valence-electron chi connectivity index (χ1n) is 5.97. The maximum Gasteiger partial charge on any atom is 0.276 e. The molecular formula is C11H11N5O3S2. The van der Waals surface area contributed by atoms with E-state index in [-0.39, 0.29) is 33.2 Å². The lowest BCUT2D eigenvalue weighted by molar-refractivity contribution is -0.137. The predicted molar refractivity (Wildman–Crippen MR) is 78.8 cm³/mol. The van der Waals surface area contributed by atoms with Crippen molar-refractivity contribution in [3.8, 4) is 0 Å². The fourth-order valence-corrected chi connectivity index (χ4v) is 3.75. The van der Waals surface area contributed by atoms with Gasteiger partial charge in [-0.3, -0.25) is 9.59 Å². The predicted octanol–water partition coefficient (Wildman–Crippen LogP) is 0.165. The van der Waals surface area contributed by atoms with Crippen molar-refractivity contribution in [3.63, 3.8) is 0 Å². The maximum atomic E-state index is 12.1. The van der Waals surface area contributed by atoms with Crippen LogP contribution >= 0.6 is 23.1 Å². The second-order valence-corrected chi connectivity index (χ2v) is 6.56. The Labute approximate surface area is 127 Å². The van der Waals surface area contributed by atoms with E-state index in [1.807, 2.05) is 0 Å². The molecule has 0 radical (unpaired) electrons. The smallest absolute Gasteiger partial charge is 0.276 e. The van der Waals surface area contributed by atoms with Crippen molar-refractivity contribution < 1.29 is 14.8 Å². The molecule has 3 heterocycles. The third-order valence-electron chi connectivity index (χ3n) is 3.03. The molecule has 0 aromatic carbocycles. The molecule has 4 N–H and O–H groups in total. The summed E-state index contributed by atoms with van der Waals surface area (Å²) in [6.07, 6.45) is 3.83. The third kappa shape index (κ3) is 2.59. The van der Waals surface area contributed by atoms with Gasteiger partial charge in [-0.25, -0.2) is 4.98 Å². The molecule has 110 valence electrons. The molecule has 1 unspecified atom stereocenters. The number of nitrogens with two attached hydrogens (primary N) is 1. The van der Waals surface area contributed by atoms with Crippen LogP contribution in [-0.4, -0.2) is 43.4 Å². The second-order valence-electron chi connectivity index (χ2n) is 4.35. The quantitative estimate of drug-likeness (QED) is 0.315. The molecule has 2 amide bonds. The first-order chi connectivity index (χ1) is 10.1. The van der Waals surface area contributed by atoms with Crippen LogP contribution < -0.4 is 11.1 Å². The monoisotopic (exact) mass is 325 g/mol. The van der Waals surface area contributed by atoms with E-state index in [2.05, 4.69) is 15.5 Å². The van der Waals surface area contributed by atoms with Crippen LogP contribution in [0.5, 0.6) is 0 Å². The highest BCUT2D eigenvalue weighted by Gasteiger charge is 2.39. The molecular weight excluding hydrogens is 314 g/mol. The number of oxime groups is 1. The van der Waals surface area contributed by atoms with Gasteiger partial charge in [0.25, 0.3) is 5.91 Å². The van der Waals surface area contributed by atoms with Crippen molar-refractivity contribution in [1.82, 2.24) is 15.2 Å². The molecule has 0 bridgehead atoms. The SMILES string of the molecule is Nc1nc(C(=NO)C(=O)NC2C=CN3C(=O)C[C@H]3S2)cs1. The molecule has 0 spiro atoms. The number of anilines is 1. The van der Waals surface area contributed by atoms with E-state index < -0.39 is 5.91 Å². The van der Waals surface area contributed by atoms with Crippen LogP contribution in [0.1, 0.15) is 12.1 Å². The van der Waals surface area contributed by atoms with Crippen molar-refractivity contribution in [1.29, 1.82) is 0 Å². The van der Waals surface area contributed by atoms with Gasteiger partial charge in [0.2, 0.25) is 5.91 Å². The van der Waals surface area contributed by atoms with Gasteiger partial charge in [-0.2, -0.15) is 0 Å². The summed E-state index contributed by atoms with van der Waals surface area (Å²) in [6, 6.07) is 0. The summed E-state index contributed by atoms with van der Waals surface area (Å²) < 4.78 is 0. The highest BCUT2D eigenvalue weighted by molar-refractivity contribution is 8.00. The Kier molecular flexibility index (Phi) is 3.55. The van der Waals surface area contributed by atoms with E-state index >= 15 is 0 Å². The number of amides is 2. The molecule has 8 nitrogen and oxygen atoms in total. The molecule has 1 fully saturated rings. The van der Waals surface area contributed by atoms with Crippen LogP contribution in [0.15, 0.2) is 22.8 Å². The zero-order chi connectivity index (χ0) is 15.0. The molecule has 2 aliphatic heterocycles. The lowest BCUT2D eigenvalue weighted by Crippen LogP contribution is -2.52. The van der Waals surface area contributed by atoms with Gasteiger partial charge >= 0.3 is 0 Å². The molecule has 0 aliphatic carbocycles. The molecule has 3 rings (SSSR count). The summed E-state index contributed by atoms with van der Waals surface area (Å²) in [7, 11) is 0. The molecule has 1 aromatic rings. The second kappa shape index (κ2) is 5.37. The molecule has 2 aliphatic rings. The van der Waals surface area contributed by atoms with E-state index in [1.54, 1.807) is 22.6 Å². The summed E-state index contributed by atoms with van der Waals surface area (Å²) in [4.78, 5) is 28.9. The van der Waals surface area contributed by atoms with Gasteiger partial charge in [-0.05, 0) is 6.08 Å². The minimum absolute atomic E-state index is 0.0530. The van der Waals surface area contributed by atoms with Crippen LogP contribution in [0.25, 0.3) is 0 Å². The fraction of sp³-hybridized carbons (Fsp3) is 0.273. The Morgan fingerprint density at radius 1 is 1.62 bits per heavy atom. The van der Waals surface area contributed by atoms with Gasteiger partial charge in [0.15, 0.2) is 10.8 Å². The van der Waals surface area contributed by atoms with Crippen molar-refractivity contribution in [3.05, 3.63) is 23.3 Å². The van der Waals surface area contributed by atoms with Gasteiger partial charge in [0.05, 0.1) is 17.2 Å². The zero-order valence-corrected chi connectivity index (χ0v) is 12.2. The molecule has 0 saturated carbocycles. The lowest BCUT2D eigenvalue weighted by Gasteiger charge is -2.41. The number of thioether (sulfide) groups is 1. The van der Waals surface area contributed by atoms with Crippen LogP contribution in [0.3, 0.4) is 0 Å². The first kappa shape index (κ1) is 13.9. The highest BCUT2D eigenvalue weighted by Crippen LogP contribution is 2.35. The molecule has 21 heavy (non-hydrogen) atoms. The first-order valence-corrected chi connectivity index (χ1v) is 7.80. The number of carbonyl (C=O) groups is 2. The zero-order valence-electron chi connectivity index (χ0n) is 10.6. The summed E-state index contributed by atoms with van der Waals surface area (Å²) in [5.74, 6) is -0.479. The van der Waals surface area contributed by atoms with Gasteiger partial charge < -0.3 is 21.2 Å². The summed E-state index contributed by atoms with van der Waals surface area (Å²) in [5, 5.41) is 16.3. The number of nitrogen functional groups attached to an aromatic ring is 1.